The zero-order chi connectivity index (χ0) is 11.3. The van der Waals surface area contributed by atoms with Crippen LogP contribution in [0, 0.1) is 5.41 Å². The predicted octanol–water partition coefficient (Wildman–Crippen LogP) is 0.392. The van der Waals surface area contributed by atoms with Gasteiger partial charge in [-0.2, -0.15) is 9.36 Å². The van der Waals surface area contributed by atoms with Crippen LogP contribution in [0.4, 0.5) is 9.52 Å². The van der Waals surface area contributed by atoms with E-state index < -0.39 is 6.86 Å². The van der Waals surface area contributed by atoms with E-state index in [2.05, 4.69) is 24.1 Å². The van der Waals surface area contributed by atoms with Crippen molar-refractivity contribution in [2.75, 3.05) is 19.7 Å². The summed E-state index contributed by atoms with van der Waals surface area (Å²) in [6, 6.07) is 0. The van der Waals surface area contributed by atoms with Crippen molar-refractivity contribution in [3.05, 3.63) is 5.82 Å². The number of nitrogen functional groups attached to an aromatic ring is 1. The number of nitrogens with one attached hydrogen (secondary N) is 1. The number of alkyl halides is 1. The fourth-order valence-corrected chi connectivity index (χ4v) is 1.14. The number of nitrogens with two attached hydrogens (primary N) is 1. The Hall–Kier alpha value is -1.77. The molecule has 0 bridgehead atoms. The summed E-state index contributed by atoms with van der Waals surface area (Å²) >= 11 is 0.928. The maximum atomic E-state index is 11.7. The molecular weight excluding hydrogens is 225 g/mol. The molecule has 0 aromatic carbocycles. The van der Waals surface area contributed by atoms with Gasteiger partial charge in [-0.1, -0.05) is 5.16 Å². The molecule has 0 spiro atoms. The highest BCUT2D eigenvalue weighted by atomic mass is 32.1. The Kier molecular flexibility index (Phi) is 3.92. The molecule has 0 amide bonds. The van der Waals surface area contributed by atoms with Gasteiger partial charge in [-0.15, -0.1) is 0 Å². The lowest BCUT2D eigenvalue weighted by atomic mass is 10.3. The summed E-state index contributed by atoms with van der Waals surface area (Å²) in [5.41, 5.74) is 5.24. The van der Waals surface area contributed by atoms with Gasteiger partial charge in [0, 0.05) is 11.5 Å². The van der Waals surface area contributed by atoms with E-state index in [0.29, 0.717) is 0 Å². The molecule has 1 rings (SSSR count). The molecular formula is C6H8FN5O2S. The molecule has 7 nitrogen and oxygen atoms in total. The molecule has 1 aromatic heterocycles. The Bertz CT molecular complexity index is 379. The van der Waals surface area contributed by atoms with Crippen LogP contribution in [-0.4, -0.2) is 34.9 Å². The molecule has 1 aromatic rings. The summed E-state index contributed by atoms with van der Waals surface area (Å²) in [6.07, 6.45) is 0. The zero-order valence-corrected chi connectivity index (χ0v) is 8.55. The van der Waals surface area contributed by atoms with Gasteiger partial charge >= 0.3 is 0 Å². The van der Waals surface area contributed by atoms with Crippen LogP contribution in [0.3, 0.4) is 0 Å². The number of methoxy groups -OCH3 is 1. The quantitative estimate of drug-likeness (QED) is 0.444. The molecule has 82 valence electrons. The molecule has 0 radical (unpaired) electrons. The Morgan fingerprint density at radius 1 is 1.73 bits per heavy atom. The largest absolute Gasteiger partial charge is 0.480 e. The maximum Gasteiger partial charge on any atom is 0.255 e. The summed E-state index contributed by atoms with van der Waals surface area (Å²) < 4.78 is 20.1. The molecule has 0 atom stereocenters. The lowest BCUT2D eigenvalue weighted by molar-refractivity contribution is 0.0637. The molecule has 0 fully saturated rings. The van der Waals surface area contributed by atoms with E-state index >= 15 is 0 Å². The van der Waals surface area contributed by atoms with Crippen molar-refractivity contribution in [2.45, 2.75) is 0 Å². The molecule has 9 heteroatoms. The van der Waals surface area contributed by atoms with E-state index in [4.69, 9.17) is 11.1 Å². The van der Waals surface area contributed by atoms with Crippen LogP contribution in [0.5, 0.6) is 0 Å². The van der Waals surface area contributed by atoms with Crippen LogP contribution in [0.15, 0.2) is 5.16 Å². The molecule has 0 unspecified atom stereocenters. The third-order valence-corrected chi connectivity index (χ3v) is 1.82. The van der Waals surface area contributed by atoms with Gasteiger partial charge in [-0.3, -0.25) is 5.41 Å². The summed E-state index contributed by atoms with van der Waals surface area (Å²) in [5, 5.41) is 10.9. The minimum atomic E-state index is -1.11. The van der Waals surface area contributed by atoms with Crippen LogP contribution in [0.25, 0.3) is 0 Å². The van der Waals surface area contributed by atoms with Gasteiger partial charge < -0.3 is 15.3 Å². The molecule has 3 N–H and O–H groups in total. The number of oxime groups is 1. The highest BCUT2D eigenvalue weighted by Gasteiger charge is 2.17. The molecule has 0 saturated carbocycles. The Morgan fingerprint density at radius 3 is 2.93 bits per heavy atom. The second-order valence-electron chi connectivity index (χ2n) is 2.17. The average molecular weight is 233 g/mol. The second-order valence-corrected chi connectivity index (χ2v) is 2.95. The number of halogens is 1. The zero-order valence-electron chi connectivity index (χ0n) is 7.73. The number of rotatable bonds is 4. The maximum absolute atomic E-state index is 11.7. The van der Waals surface area contributed by atoms with Crippen molar-refractivity contribution < 1.29 is 14.0 Å². The highest BCUT2D eigenvalue weighted by molar-refractivity contribution is 7.09. The van der Waals surface area contributed by atoms with Gasteiger partial charge in [0.1, 0.15) is 0 Å². The molecule has 0 aliphatic heterocycles. The normalized spacial score (nSPS) is 11.2. The van der Waals surface area contributed by atoms with E-state index in [-0.39, 0.29) is 22.6 Å². The van der Waals surface area contributed by atoms with Gasteiger partial charge in [0.25, 0.3) is 6.86 Å². The summed E-state index contributed by atoms with van der Waals surface area (Å²) in [7, 11) is 1.27. The summed E-state index contributed by atoms with van der Waals surface area (Å²) in [4.78, 5) is 7.93. The van der Waals surface area contributed by atoms with Crippen molar-refractivity contribution in [3.8, 4) is 0 Å². The molecule has 15 heavy (non-hydrogen) atoms. The lowest BCUT2D eigenvalue weighted by Gasteiger charge is -2.01. The van der Waals surface area contributed by atoms with E-state index in [1.807, 2.05) is 0 Å². The molecule has 0 aliphatic carbocycles. The fourth-order valence-electron chi connectivity index (χ4n) is 0.701. The molecule has 0 aliphatic rings. The molecule has 1 heterocycles. The lowest BCUT2D eigenvalue weighted by Crippen LogP contribution is -2.18. The van der Waals surface area contributed by atoms with Crippen LogP contribution in [0.1, 0.15) is 5.82 Å². The van der Waals surface area contributed by atoms with E-state index in [9.17, 15) is 4.39 Å². The number of ether oxygens (including phenoxy) is 1. The topological polar surface area (TPSA) is 106 Å². The van der Waals surface area contributed by atoms with Crippen molar-refractivity contribution >= 4 is 28.3 Å². The van der Waals surface area contributed by atoms with Gasteiger partial charge in [-0.25, -0.2) is 4.39 Å². The minimum Gasteiger partial charge on any atom is -0.480 e. The van der Waals surface area contributed by atoms with Crippen molar-refractivity contribution in [1.29, 1.82) is 5.41 Å². The summed E-state index contributed by atoms with van der Waals surface area (Å²) in [5.74, 6) is -0.265. The number of hydrogen-bond donors (Lipinski definition) is 2. The minimum absolute atomic E-state index is 0.0674. The SMILES string of the molecule is COC(=N)/C(=N\OCF)c1nsc(N)n1. The Balaban J connectivity index is 2.95. The highest BCUT2D eigenvalue weighted by Crippen LogP contribution is 2.07. The van der Waals surface area contributed by atoms with Crippen LogP contribution in [-0.2, 0) is 9.57 Å². The predicted molar refractivity (Wildman–Crippen MR) is 52.7 cm³/mol. The van der Waals surface area contributed by atoms with Crippen molar-refractivity contribution in [1.82, 2.24) is 9.36 Å². The van der Waals surface area contributed by atoms with Crippen LogP contribution < -0.4 is 5.73 Å². The van der Waals surface area contributed by atoms with Crippen molar-refractivity contribution in [3.63, 3.8) is 0 Å². The smallest absolute Gasteiger partial charge is 0.255 e. The van der Waals surface area contributed by atoms with E-state index in [0.717, 1.165) is 11.5 Å². The van der Waals surface area contributed by atoms with Gasteiger partial charge in [0.05, 0.1) is 7.11 Å². The summed E-state index contributed by atoms with van der Waals surface area (Å²) in [6.45, 7) is -1.11. The number of anilines is 1. The number of nitrogens with zero attached hydrogens (tertiary/aromatic N) is 3. The number of hydrogen-bond acceptors (Lipinski definition) is 8. The molecule has 0 saturated heterocycles. The van der Waals surface area contributed by atoms with Gasteiger partial charge in [0.15, 0.2) is 5.13 Å². The number of aromatic nitrogens is 2. The van der Waals surface area contributed by atoms with Gasteiger partial charge in [-0.05, 0) is 0 Å². The monoisotopic (exact) mass is 233 g/mol. The first-order valence-corrected chi connectivity index (χ1v) is 4.44. The Morgan fingerprint density at radius 2 is 2.47 bits per heavy atom. The van der Waals surface area contributed by atoms with Crippen LogP contribution >= 0.6 is 11.5 Å². The second kappa shape index (κ2) is 5.20. The van der Waals surface area contributed by atoms with E-state index in [1.54, 1.807) is 0 Å². The third kappa shape index (κ3) is 2.84. The van der Waals surface area contributed by atoms with Crippen molar-refractivity contribution in [2.24, 2.45) is 5.16 Å². The van der Waals surface area contributed by atoms with Crippen LogP contribution in [0.2, 0.25) is 0 Å². The fraction of sp³-hybridized carbons (Fsp3) is 0.333. The van der Waals surface area contributed by atoms with Gasteiger partial charge in [0.2, 0.25) is 17.4 Å². The average Bonchev–Trinajstić information content (AvgIpc) is 2.65. The van der Waals surface area contributed by atoms with E-state index in [1.165, 1.54) is 7.11 Å². The first-order chi connectivity index (χ1) is 7.19. The standard InChI is InChI=1S/C6H8FN5O2S/c1-13-4(8)3(11-14-2-7)5-10-6(9)15-12-5/h8H,2H2,1H3,(H2,9,10,12)/b8-4?,11-3+. The first-order valence-electron chi connectivity index (χ1n) is 3.67. The third-order valence-electron chi connectivity index (χ3n) is 1.28. The first kappa shape index (κ1) is 11.3. The Labute approximate surface area is 88.4 Å².